The average Bonchev–Trinajstić information content (AvgIpc) is 2.63. The molecule has 0 aromatic heterocycles. The monoisotopic (exact) mass is 334 g/mol. The molecule has 0 spiro atoms. The number of benzene rings is 3. The number of nitrogen functional groups attached to an aromatic ring is 1. The van der Waals surface area contributed by atoms with Crippen LogP contribution in [0.3, 0.4) is 0 Å². The van der Waals surface area contributed by atoms with E-state index in [0.29, 0.717) is 22.9 Å². The summed E-state index contributed by atoms with van der Waals surface area (Å²) in [5.74, 6) is 1.11. The number of carbonyl (C=O) groups is 1. The predicted octanol–water partition coefficient (Wildman–Crippen LogP) is 4.56. The maximum Gasteiger partial charge on any atom is 0.417 e. The molecule has 3 rings (SSSR count). The van der Waals surface area contributed by atoms with Crippen molar-refractivity contribution in [2.24, 2.45) is 0 Å². The van der Waals surface area contributed by atoms with Crippen molar-refractivity contribution in [3.63, 3.8) is 0 Å². The van der Waals surface area contributed by atoms with Crippen LogP contribution >= 0.6 is 0 Å². The molecule has 0 aliphatic rings. The van der Waals surface area contributed by atoms with Crippen LogP contribution < -0.4 is 20.5 Å². The minimum atomic E-state index is -0.590. The minimum absolute atomic E-state index is 0.420. The largest absolute Gasteiger partial charge is 0.497 e. The quantitative estimate of drug-likeness (QED) is 0.686. The highest BCUT2D eigenvalue weighted by Gasteiger charge is 2.11. The van der Waals surface area contributed by atoms with Gasteiger partial charge in [0.25, 0.3) is 0 Å². The van der Waals surface area contributed by atoms with Crippen molar-refractivity contribution < 1.29 is 14.3 Å². The van der Waals surface area contributed by atoms with Crippen LogP contribution in [-0.2, 0) is 0 Å². The first-order valence-corrected chi connectivity index (χ1v) is 7.73. The summed E-state index contributed by atoms with van der Waals surface area (Å²) in [4.78, 5) is 12.2. The van der Waals surface area contributed by atoms with Crippen molar-refractivity contribution >= 4 is 17.5 Å². The van der Waals surface area contributed by atoms with E-state index in [0.717, 1.165) is 11.1 Å². The maximum atomic E-state index is 12.2. The van der Waals surface area contributed by atoms with Gasteiger partial charge < -0.3 is 15.2 Å². The fourth-order valence-corrected chi connectivity index (χ4v) is 2.42. The van der Waals surface area contributed by atoms with Gasteiger partial charge in [0.15, 0.2) is 0 Å². The lowest BCUT2D eigenvalue weighted by Gasteiger charge is -2.12. The standard InChI is InChI=1S/C20H18N2O3/c1-24-16-8-10-17(11-9-16)25-20(23)22-19-13-15(21)7-12-18(19)14-5-3-2-4-6-14/h2-13H,21H2,1H3,(H,22,23). The summed E-state index contributed by atoms with van der Waals surface area (Å²) in [7, 11) is 1.58. The third-order valence-electron chi connectivity index (χ3n) is 3.64. The fraction of sp³-hybridized carbons (Fsp3) is 0.0500. The Morgan fingerprint density at radius 1 is 0.920 bits per heavy atom. The number of anilines is 2. The highest BCUT2D eigenvalue weighted by Crippen LogP contribution is 2.30. The van der Waals surface area contributed by atoms with E-state index < -0.39 is 6.09 Å². The second-order valence-corrected chi connectivity index (χ2v) is 5.36. The molecule has 0 atom stereocenters. The summed E-state index contributed by atoms with van der Waals surface area (Å²) < 4.78 is 10.4. The molecule has 0 saturated heterocycles. The molecule has 126 valence electrons. The van der Waals surface area contributed by atoms with Crippen LogP contribution in [0.2, 0.25) is 0 Å². The second-order valence-electron chi connectivity index (χ2n) is 5.36. The molecule has 0 heterocycles. The summed E-state index contributed by atoms with van der Waals surface area (Å²) in [6, 6.07) is 21.9. The summed E-state index contributed by atoms with van der Waals surface area (Å²) >= 11 is 0. The molecular weight excluding hydrogens is 316 g/mol. The number of amides is 1. The highest BCUT2D eigenvalue weighted by atomic mass is 16.6. The average molecular weight is 334 g/mol. The van der Waals surface area contributed by atoms with E-state index >= 15 is 0 Å². The van der Waals surface area contributed by atoms with E-state index in [4.69, 9.17) is 15.2 Å². The van der Waals surface area contributed by atoms with Gasteiger partial charge in [0.05, 0.1) is 12.8 Å². The third-order valence-corrected chi connectivity index (χ3v) is 3.64. The molecule has 3 aromatic rings. The van der Waals surface area contributed by atoms with E-state index in [1.165, 1.54) is 0 Å². The Kier molecular flexibility index (Phi) is 4.85. The van der Waals surface area contributed by atoms with Crippen molar-refractivity contribution in [1.82, 2.24) is 0 Å². The van der Waals surface area contributed by atoms with Crippen molar-refractivity contribution in [3.8, 4) is 22.6 Å². The van der Waals surface area contributed by atoms with E-state index in [-0.39, 0.29) is 0 Å². The number of rotatable bonds is 4. The van der Waals surface area contributed by atoms with Gasteiger partial charge in [0.2, 0.25) is 0 Å². The van der Waals surface area contributed by atoms with E-state index in [2.05, 4.69) is 5.32 Å². The molecule has 5 nitrogen and oxygen atoms in total. The molecule has 1 amide bonds. The number of ether oxygens (including phenoxy) is 2. The summed E-state index contributed by atoms with van der Waals surface area (Å²) in [6.45, 7) is 0. The molecule has 3 aromatic carbocycles. The van der Waals surface area contributed by atoms with Gasteiger partial charge >= 0.3 is 6.09 Å². The maximum absolute atomic E-state index is 12.2. The number of hydrogen-bond acceptors (Lipinski definition) is 4. The first kappa shape index (κ1) is 16.4. The molecule has 0 aliphatic carbocycles. The Labute approximate surface area is 146 Å². The molecule has 0 fully saturated rings. The van der Waals surface area contributed by atoms with Gasteiger partial charge in [0.1, 0.15) is 11.5 Å². The third kappa shape index (κ3) is 4.09. The Morgan fingerprint density at radius 2 is 1.60 bits per heavy atom. The Morgan fingerprint density at radius 3 is 2.28 bits per heavy atom. The number of hydrogen-bond donors (Lipinski definition) is 2. The molecule has 25 heavy (non-hydrogen) atoms. The number of methoxy groups -OCH3 is 1. The zero-order valence-electron chi connectivity index (χ0n) is 13.7. The van der Waals surface area contributed by atoms with Crippen LogP contribution in [0.4, 0.5) is 16.2 Å². The summed E-state index contributed by atoms with van der Waals surface area (Å²) in [5.41, 5.74) is 8.84. The Balaban J connectivity index is 1.79. The molecule has 0 saturated carbocycles. The van der Waals surface area contributed by atoms with Crippen LogP contribution in [0.25, 0.3) is 11.1 Å². The van der Waals surface area contributed by atoms with Gasteiger partial charge in [-0.1, -0.05) is 36.4 Å². The van der Waals surface area contributed by atoms with Gasteiger partial charge in [-0.2, -0.15) is 0 Å². The van der Waals surface area contributed by atoms with Gasteiger partial charge in [-0.3, -0.25) is 5.32 Å². The van der Waals surface area contributed by atoms with Crippen molar-refractivity contribution in [2.45, 2.75) is 0 Å². The number of nitrogens with one attached hydrogen (secondary N) is 1. The van der Waals surface area contributed by atoms with E-state index in [9.17, 15) is 4.79 Å². The van der Waals surface area contributed by atoms with E-state index in [1.54, 1.807) is 43.5 Å². The van der Waals surface area contributed by atoms with Crippen LogP contribution in [0.15, 0.2) is 72.8 Å². The lowest BCUT2D eigenvalue weighted by molar-refractivity contribution is 0.215. The van der Waals surface area contributed by atoms with Gasteiger partial charge in [-0.05, 0) is 42.0 Å². The van der Waals surface area contributed by atoms with Crippen molar-refractivity contribution in [3.05, 3.63) is 72.8 Å². The minimum Gasteiger partial charge on any atom is -0.497 e. The van der Waals surface area contributed by atoms with Gasteiger partial charge in [-0.25, -0.2) is 4.79 Å². The van der Waals surface area contributed by atoms with Crippen LogP contribution in [0.5, 0.6) is 11.5 Å². The summed E-state index contributed by atoms with van der Waals surface area (Å²) in [6.07, 6.45) is -0.590. The second kappa shape index (κ2) is 7.40. The zero-order valence-corrected chi connectivity index (χ0v) is 13.7. The fourth-order valence-electron chi connectivity index (χ4n) is 2.42. The molecule has 0 unspecified atom stereocenters. The number of nitrogens with two attached hydrogens (primary N) is 1. The smallest absolute Gasteiger partial charge is 0.417 e. The van der Waals surface area contributed by atoms with Crippen molar-refractivity contribution in [1.29, 1.82) is 0 Å². The van der Waals surface area contributed by atoms with Crippen LogP contribution in [-0.4, -0.2) is 13.2 Å². The molecule has 0 radical (unpaired) electrons. The Hall–Kier alpha value is -3.47. The SMILES string of the molecule is COc1ccc(OC(=O)Nc2cc(N)ccc2-c2ccccc2)cc1. The van der Waals surface area contributed by atoms with Crippen LogP contribution in [0, 0.1) is 0 Å². The van der Waals surface area contributed by atoms with Crippen LogP contribution in [0.1, 0.15) is 0 Å². The topological polar surface area (TPSA) is 73.6 Å². The first-order chi connectivity index (χ1) is 12.2. The lowest BCUT2D eigenvalue weighted by atomic mass is 10.0. The molecule has 0 bridgehead atoms. The normalized spacial score (nSPS) is 10.1. The van der Waals surface area contributed by atoms with E-state index in [1.807, 2.05) is 36.4 Å². The first-order valence-electron chi connectivity index (χ1n) is 7.73. The molecule has 0 aliphatic heterocycles. The van der Waals surface area contributed by atoms with Crippen molar-refractivity contribution in [2.75, 3.05) is 18.2 Å². The van der Waals surface area contributed by atoms with Gasteiger partial charge in [-0.15, -0.1) is 0 Å². The Bertz CT molecular complexity index is 862. The molecular formula is C20H18N2O3. The highest BCUT2D eigenvalue weighted by molar-refractivity contribution is 5.93. The predicted molar refractivity (Wildman–Crippen MR) is 98.9 cm³/mol. The lowest BCUT2D eigenvalue weighted by Crippen LogP contribution is -2.17. The molecule has 3 N–H and O–H groups in total. The zero-order chi connectivity index (χ0) is 17.6. The number of carbonyl (C=O) groups excluding carboxylic acids is 1. The molecule has 5 heteroatoms. The van der Waals surface area contributed by atoms with Gasteiger partial charge in [0, 0.05) is 11.3 Å². The summed E-state index contributed by atoms with van der Waals surface area (Å²) in [5, 5.41) is 2.75.